The van der Waals surface area contributed by atoms with Gasteiger partial charge in [0.05, 0.1) is 29.4 Å². The summed E-state index contributed by atoms with van der Waals surface area (Å²) in [5.41, 5.74) is 1.62. The SMILES string of the molecule is CC(CCCCC(=O)OCCO)c1cc(C#N)c(C#N)cc1C#N. The molecule has 1 aromatic rings. The van der Waals surface area contributed by atoms with Crippen molar-refractivity contribution in [1.82, 2.24) is 0 Å². The Balaban J connectivity index is 2.67. The molecule has 0 saturated carbocycles. The fourth-order valence-corrected chi connectivity index (χ4v) is 2.41. The Bertz CT molecular complexity index is 708. The number of nitriles is 3. The predicted octanol–water partition coefficient (Wildman–Crippen LogP) is 2.50. The van der Waals surface area contributed by atoms with Gasteiger partial charge < -0.3 is 9.84 Å². The molecule has 0 amide bonds. The number of ether oxygens (including phenoxy) is 1. The molecule has 0 aliphatic heterocycles. The fraction of sp³-hybridized carbons (Fsp3) is 0.444. The van der Waals surface area contributed by atoms with E-state index in [4.69, 9.17) is 20.4 Å². The van der Waals surface area contributed by atoms with Crippen molar-refractivity contribution < 1.29 is 14.6 Å². The first-order chi connectivity index (χ1) is 11.6. The molecule has 1 aromatic carbocycles. The summed E-state index contributed by atoms with van der Waals surface area (Å²) < 4.78 is 4.78. The van der Waals surface area contributed by atoms with E-state index in [1.165, 1.54) is 6.07 Å². The number of hydrogen-bond donors (Lipinski definition) is 1. The molecular formula is C18H19N3O3. The average molecular weight is 325 g/mol. The van der Waals surface area contributed by atoms with Gasteiger partial charge in [-0.15, -0.1) is 0 Å². The summed E-state index contributed by atoms with van der Waals surface area (Å²) in [7, 11) is 0. The van der Waals surface area contributed by atoms with Crippen molar-refractivity contribution in [2.75, 3.05) is 13.2 Å². The van der Waals surface area contributed by atoms with Gasteiger partial charge in [0.15, 0.2) is 0 Å². The molecule has 124 valence electrons. The summed E-state index contributed by atoms with van der Waals surface area (Å²) in [6.07, 6.45) is 2.45. The highest BCUT2D eigenvalue weighted by Gasteiger charge is 2.15. The number of esters is 1. The van der Waals surface area contributed by atoms with Gasteiger partial charge in [0.25, 0.3) is 0 Å². The number of nitrogens with zero attached hydrogens (tertiary/aromatic N) is 3. The van der Waals surface area contributed by atoms with Gasteiger partial charge in [-0.2, -0.15) is 15.8 Å². The van der Waals surface area contributed by atoms with E-state index in [1.807, 2.05) is 19.1 Å². The zero-order chi connectivity index (χ0) is 17.9. The van der Waals surface area contributed by atoms with Crippen LogP contribution in [0.3, 0.4) is 0 Å². The normalized spacial score (nSPS) is 11.0. The van der Waals surface area contributed by atoms with Gasteiger partial charge in [-0.1, -0.05) is 13.3 Å². The summed E-state index contributed by atoms with van der Waals surface area (Å²) in [6, 6.07) is 9.05. The van der Waals surface area contributed by atoms with Crippen LogP contribution in [0.4, 0.5) is 0 Å². The van der Waals surface area contributed by atoms with Crippen molar-refractivity contribution in [1.29, 1.82) is 15.8 Å². The van der Waals surface area contributed by atoms with Crippen molar-refractivity contribution in [3.63, 3.8) is 0 Å². The number of unbranched alkanes of at least 4 members (excludes halogenated alkanes) is 1. The van der Waals surface area contributed by atoms with E-state index in [1.54, 1.807) is 6.07 Å². The molecule has 0 radical (unpaired) electrons. The number of aliphatic hydroxyl groups excluding tert-OH is 1. The second-order valence-corrected chi connectivity index (χ2v) is 5.41. The van der Waals surface area contributed by atoms with Crippen LogP contribution >= 0.6 is 0 Å². The molecule has 1 N–H and O–H groups in total. The minimum Gasteiger partial charge on any atom is -0.463 e. The van der Waals surface area contributed by atoms with Crippen molar-refractivity contribution in [2.24, 2.45) is 0 Å². The zero-order valence-corrected chi connectivity index (χ0v) is 13.6. The van der Waals surface area contributed by atoms with Crippen molar-refractivity contribution >= 4 is 5.97 Å². The number of benzene rings is 1. The van der Waals surface area contributed by atoms with Gasteiger partial charge in [0.2, 0.25) is 0 Å². The fourth-order valence-electron chi connectivity index (χ4n) is 2.41. The molecule has 1 unspecified atom stereocenters. The van der Waals surface area contributed by atoms with Crippen molar-refractivity contribution in [3.05, 3.63) is 34.4 Å². The zero-order valence-electron chi connectivity index (χ0n) is 13.6. The molecule has 0 bridgehead atoms. The third-order valence-corrected chi connectivity index (χ3v) is 3.70. The molecule has 0 aromatic heterocycles. The lowest BCUT2D eigenvalue weighted by Crippen LogP contribution is -2.08. The maximum atomic E-state index is 11.3. The highest BCUT2D eigenvalue weighted by molar-refractivity contribution is 5.69. The number of aliphatic hydroxyl groups is 1. The van der Waals surface area contributed by atoms with Crippen LogP contribution in [0, 0.1) is 34.0 Å². The van der Waals surface area contributed by atoms with Crippen LogP contribution in [0.1, 0.15) is 60.8 Å². The minimum atomic E-state index is -0.334. The van der Waals surface area contributed by atoms with Crippen LogP contribution in [0.25, 0.3) is 0 Å². The molecule has 1 rings (SSSR count). The Hall–Kier alpha value is -2.88. The lowest BCUT2D eigenvalue weighted by Gasteiger charge is -2.14. The van der Waals surface area contributed by atoms with Gasteiger partial charge in [-0.25, -0.2) is 0 Å². The number of carbonyl (C=O) groups is 1. The lowest BCUT2D eigenvalue weighted by atomic mass is 9.89. The quantitative estimate of drug-likeness (QED) is 0.579. The van der Waals surface area contributed by atoms with Crippen LogP contribution in [-0.2, 0) is 9.53 Å². The van der Waals surface area contributed by atoms with E-state index in [9.17, 15) is 10.1 Å². The Morgan fingerprint density at radius 2 is 1.75 bits per heavy atom. The maximum Gasteiger partial charge on any atom is 0.305 e. The standard InChI is InChI=1S/C18H19N3O3/c1-13(4-2-3-5-18(23)24-7-6-22)17-9-15(11-20)14(10-19)8-16(17)12-21/h8-9,13,22H,2-7H2,1H3. The van der Waals surface area contributed by atoms with Gasteiger partial charge >= 0.3 is 5.97 Å². The third-order valence-electron chi connectivity index (χ3n) is 3.70. The van der Waals surface area contributed by atoms with Crippen LogP contribution < -0.4 is 0 Å². The molecule has 1 atom stereocenters. The number of rotatable bonds is 8. The van der Waals surface area contributed by atoms with Gasteiger partial charge in [0, 0.05) is 6.42 Å². The highest BCUT2D eigenvalue weighted by atomic mass is 16.5. The molecule has 24 heavy (non-hydrogen) atoms. The molecule has 0 spiro atoms. The number of hydrogen-bond acceptors (Lipinski definition) is 6. The molecule has 0 heterocycles. The van der Waals surface area contributed by atoms with Crippen LogP contribution in [0.2, 0.25) is 0 Å². The Labute approximate surface area is 141 Å². The molecule has 0 saturated heterocycles. The summed E-state index contributed by atoms with van der Waals surface area (Å²) in [5.74, 6) is -0.299. The lowest BCUT2D eigenvalue weighted by molar-refractivity contribution is -0.144. The largest absolute Gasteiger partial charge is 0.463 e. The first kappa shape index (κ1) is 19.2. The topological polar surface area (TPSA) is 118 Å². The van der Waals surface area contributed by atoms with E-state index >= 15 is 0 Å². The maximum absolute atomic E-state index is 11.3. The molecule has 0 aliphatic carbocycles. The van der Waals surface area contributed by atoms with Crippen molar-refractivity contribution in [3.8, 4) is 18.2 Å². The first-order valence-electron chi connectivity index (χ1n) is 7.72. The number of carbonyl (C=O) groups excluding carboxylic acids is 1. The molecule has 6 heteroatoms. The van der Waals surface area contributed by atoms with Crippen LogP contribution in [0.15, 0.2) is 12.1 Å². The van der Waals surface area contributed by atoms with E-state index in [2.05, 4.69) is 6.07 Å². The Morgan fingerprint density at radius 1 is 1.12 bits per heavy atom. The predicted molar refractivity (Wildman–Crippen MR) is 85.5 cm³/mol. The van der Waals surface area contributed by atoms with Gasteiger partial charge in [0.1, 0.15) is 18.7 Å². The first-order valence-corrected chi connectivity index (χ1v) is 7.72. The smallest absolute Gasteiger partial charge is 0.305 e. The molecular weight excluding hydrogens is 306 g/mol. The van der Waals surface area contributed by atoms with E-state index in [0.29, 0.717) is 12.0 Å². The summed E-state index contributed by atoms with van der Waals surface area (Å²) in [4.78, 5) is 11.3. The van der Waals surface area contributed by atoms with E-state index in [-0.39, 0.29) is 42.6 Å². The summed E-state index contributed by atoms with van der Waals surface area (Å²) >= 11 is 0. The summed E-state index contributed by atoms with van der Waals surface area (Å²) in [5, 5.41) is 36.0. The van der Waals surface area contributed by atoms with Crippen LogP contribution in [-0.4, -0.2) is 24.3 Å². The molecule has 6 nitrogen and oxygen atoms in total. The highest BCUT2D eigenvalue weighted by Crippen LogP contribution is 2.27. The third kappa shape index (κ3) is 5.39. The van der Waals surface area contributed by atoms with Gasteiger partial charge in [-0.3, -0.25) is 4.79 Å². The van der Waals surface area contributed by atoms with Crippen molar-refractivity contribution in [2.45, 2.75) is 38.5 Å². The minimum absolute atomic E-state index is 0.0168. The molecule has 0 fully saturated rings. The monoisotopic (exact) mass is 325 g/mol. The van der Waals surface area contributed by atoms with E-state index in [0.717, 1.165) is 18.4 Å². The average Bonchev–Trinajstić information content (AvgIpc) is 2.61. The summed E-state index contributed by atoms with van der Waals surface area (Å²) in [6.45, 7) is 1.79. The Morgan fingerprint density at radius 3 is 2.33 bits per heavy atom. The second kappa shape index (κ2) is 10.0. The van der Waals surface area contributed by atoms with Gasteiger partial charge in [-0.05, 0) is 36.5 Å². The van der Waals surface area contributed by atoms with E-state index < -0.39 is 0 Å². The Kier molecular flexibility index (Phi) is 7.99. The van der Waals surface area contributed by atoms with Crippen LogP contribution in [0.5, 0.6) is 0 Å². The molecule has 0 aliphatic rings. The second-order valence-electron chi connectivity index (χ2n) is 5.41.